The minimum absolute atomic E-state index is 0.124. The molecule has 0 radical (unpaired) electrons. The molecule has 2 aromatic carbocycles. The van der Waals surface area contributed by atoms with E-state index in [9.17, 15) is 13.2 Å². The summed E-state index contributed by atoms with van der Waals surface area (Å²) < 4.78 is 32.6. The van der Waals surface area contributed by atoms with Crippen LogP contribution in [-0.4, -0.2) is 21.5 Å². The van der Waals surface area contributed by atoms with Gasteiger partial charge in [-0.3, -0.25) is 4.72 Å². The van der Waals surface area contributed by atoms with Gasteiger partial charge < -0.3 is 4.74 Å². The van der Waals surface area contributed by atoms with E-state index in [1.165, 1.54) is 25.3 Å². The fourth-order valence-electron chi connectivity index (χ4n) is 2.63. The van der Waals surface area contributed by atoms with Gasteiger partial charge in [0, 0.05) is 0 Å². The van der Waals surface area contributed by atoms with Crippen LogP contribution in [0, 0.1) is 20.8 Å². The van der Waals surface area contributed by atoms with Gasteiger partial charge in [-0.25, -0.2) is 13.2 Å². The summed E-state index contributed by atoms with van der Waals surface area (Å²) in [7, 11) is -2.60. The average molecular weight is 368 g/mol. The van der Waals surface area contributed by atoms with Crippen molar-refractivity contribution in [2.45, 2.75) is 25.7 Å². The van der Waals surface area contributed by atoms with Gasteiger partial charge in [-0.05, 0) is 50.1 Å². The lowest BCUT2D eigenvalue weighted by Gasteiger charge is -2.15. The van der Waals surface area contributed by atoms with Crippen molar-refractivity contribution in [3.05, 3.63) is 57.6 Å². The Kier molecular flexibility index (Phi) is 5.20. The lowest BCUT2D eigenvalue weighted by Crippen LogP contribution is -2.16. The van der Waals surface area contributed by atoms with E-state index in [-0.39, 0.29) is 21.2 Å². The second-order valence-electron chi connectivity index (χ2n) is 5.52. The number of methoxy groups -OCH3 is 1. The van der Waals surface area contributed by atoms with E-state index in [1.54, 1.807) is 26.0 Å². The van der Waals surface area contributed by atoms with Gasteiger partial charge in [-0.15, -0.1) is 0 Å². The van der Waals surface area contributed by atoms with Crippen LogP contribution in [0.15, 0.2) is 35.2 Å². The first-order valence-corrected chi connectivity index (χ1v) is 9.00. The first-order chi connectivity index (χ1) is 11.2. The van der Waals surface area contributed by atoms with Crippen molar-refractivity contribution >= 4 is 33.3 Å². The molecule has 7 heteroatoms. The van der Waals surface area contributed by atoms with Crippen LogP contribution in [-0.2, 0) is 14.8 Å². The molecule has 5 nitrogen and oxygen atoms in total. The number of benzene rings is 2. The zero-order valence-corrected chi connectivity index (χ0v) is 15.4. The molecule has 0 saturated heterocycles. The maximum absolute atomic E-state index is 12.8. The van der Waals surface area contributed by atoms with Crippen molar-refractivity contribution in [3.8, 4) is 0 Å². The molecule has 2 aromatic rings. The summed E-state index contributed by atoms with van der Waals surface area (Å²) >= 11 is 6.06. The predicted molar refractivity (Wildman–Crippen MR) is 94.3 cm³/mol. The molecule has 0 bridgehead atoms. The van der Waals surface area contributed by atoms with Gasteiger partial charge in [0.25, 0.3) is 10.0 Å². The van der Waals surface area contributed by atoms with Gasteiger partial charge in [0.1, 0.15) is 0 Å². The number of hydrogen-bond acceptors (Lipinski definition) is 4. The van der Waals surface area contributed by atoms with Crippen molar-refractivity contribution in [2.24, 2.45) is 0 Å². The monoisotopic (exact) mass is 367 g/mol. The zero-order valence-electron chi connectivity index (χ0n) is 13.8. The normalized spacial score (nSPS) is 11.2. The molecule has 0 aliphatic rings. The highest BCUT2D eigenvalue weighted by Gasteiger charge is 2.21. The Hall–Kier alpha value is -2.05. The van der Waals surface area contributed by atoms with E-state index in [1.807, 2.05) is 6.92 Å². The van der Waals surface area contributed by atoms with E-state index >= 15 is 0 Å². The molecule has 0 fully saturated rings. The third-order valence-electron chi connectivity index (χ3n) is 3.51. The third-order valence-corrected chi connectivity index (χ3v) is 5.50. The highest BCUT2D eigenvalue weighted by Crippen LogP contribution is 2.29. The Labute approximate surface area is 146 Å². The van der Waals surface area contributed by atoms with Gasteiger partial charge >= 0.3 is 5.97 Å². The summed E-state index contributed by atoms with van der Waals surface area (Å²) in [5.74, 6) is -0.574. The standard InChI is InChI=1S/C17H18ClNO4S/c1-10-7-11(2)16(12(3)8-10)24(21,22)19-15-9-13(17(20)23-4)5-6-14(15)18/h5-9,19H,1-4H3. The summed E-state index contributed by atoms with van der Waals surface area (Å²) in [6, 6.07) is 7.86. The number of sulfonamides is 1. The number of nitrogens with one attached hydrogen (secondary N) is 1. The molecule has 1 N–H and O–H groups in total. The quantitative estimate of drug-likeness (QED) is 0.833. The maximum atomic E-state index is 12.8. The van der Waals surface area contributed by atoms with Gasteiger partial charge in [0.2, 0.25) is 0 Å². The largest absolute Gasteiger partial charge is 0.465 e. The van der Waals surface area contributed by atoms with Gasteiger partial charge in [-0.2, -0.15) is 0 Å². The van der Waals surface area contributed by atoms with E-state index in [4.69, 9.17) is 11.6 Å². The number of hydrogen-bond donors (Lipinski definition) is 1. The molecule has 0 amide bonds. The summed E-state index contributed by atoms with van der Waals surface area (Å²) in [6.07, 6.45) is 0. The van der Waals surface area contributed by atoms with Crippen molar-refractivity contribution < 1.29 is 17.9 Å². The van der Waals surface area contributed by atoms with Crippen molar-refractivity contribution in [2.75, 3.05) is 11.8 Å². The van der Waals surface area contributed by atoms with Crippen LogP contribution in [0.4, 0.5) is 5.69 Å². The number of esters is 1. The van der Waals surface area contributed by atoms with Crippen molar-refractivity contribution in [1.29, 1.82) is 0 Å². The summed E-state index contributed by atoms with van der Waals surface area (Å²) in [5, 5.41) is 0.189. The lowest BCUT2D eigenvalue weighted by molar-refractivity contribution is 0.0601. The lowest BCUT2D eigenvalue weighted by atomic mass is 10.1. The highest BCUT2D eigenvalue weighted by atomic mass is 35.5. The fraction of sp³-hybridized carbons (Fsp3) is 0.235. The molecule has 0 saturated carbocycles. The smallest absolute Gasteiger partial charge is 0.337 e. The number of aryl methyl sites for hydroxylation is 3. The second kappa shape index (κ2) is 6.83. The first kappa shape index (κ1) is 18.3. The van der Waals surface area contributed by atoms with Gasteiger partial charge in [0.05, 0.1) is 28.3 Å². The molecular weight excluding hydrogens is 350 g/mol. The molecule has 0 heterocycles. The van der Waals surface area contributed by atoms with Gasteiger partial charge in [-0.1, -0.05) is 29.3 Å². The molecule has 0 unspecified atom stereocenters. The molecule has 0 aliphatic carbocycles. The fourth-order valence-corrected chi connectivity index (χ4v) is 4.38. The Morgan fingerprint density at radius 2 is 1.67 bits per heavy atom. The second-order valence-corrected chi connectivity index (χ2v) is 7.55. The third kappa shape index (κ3) is 3.71. The average Bonchev–Trinajstić information content (AvgIpc) is 2.47. The maximum Gasteiger partial charge on any atom is 0.337 e. The topological polar surface area (TPSA) is 72.5 Å². The van der Waals surface area contributed by atoms with Crippen LogP contribution in [0.5, 0.6) is 0 Å². The van der Waals surface area contributed by atoms with E-state index in [2.05, 4.69) is 9.46 Å². The van der Waals surface area contributed by atoms with Crippen LogP contribution in [0.2, 0.25) is 5.02 Å². The molecule has 0 aliphatic heterocycles. The molecule has 0 aromatic heterocycles. The van der Waals surface area contributed by atoms with E-state index < -0.39 is 16.0 Å². The predicted octanol–water partition coefficient (Wildman–Crippen LogP) is 3.85. The van der Waals surface area contributed by atoms with E-state index in [0.717, 1.165) is 5.56 Å². The van der Waals surface area contributed by atoms with Gasteiger partial charge in [0.15, 0.2) is 0 Å². The van der Waals surface area contributed by atoms with Crippen molar-refractivity contribution in [1.82, 2.24) is 0 Å². The molecule has 0 atom stereocenters. The number of halogens is 1. The Balaban J connectivity index is 2.49. The Morgan fingerprint density at radius 3 is 2.21 bits per heavy atom. The van der Waals surface area contributed by atoms with Crippen LogP contribution in [0.3, 0.4) is 0 Å². The van der Waals surface area contributed by atoms with Crippen molar-refractivity contribution in [3.63, 3.8) is 0 Å². The number of anilines is 1. The molecule has 24 heavy (non-hydrogen) atoms. The number of carbonyl (C=O) groups excluding carboxylic acids is 1. The number of rotatable bonds is 4. The first-order valence-electron chi connectivity index (χ1n) is 7.14. The number of ether oxygens (including phenoxy) is 1. The highest BCUT2D eigenvalue weighted by molar-refractivity contribution is 7.92. The minimum Gasteiger partial charge on any atom is -0.465 e. The van der Waals surface area contributed by atoms with Crippen LogP contribution >= 0.6 is 11.6 Å². The minimum atomic E-state index is -3.85. The number of carbonyl (C=O) groups is 1. The molecular formula is C17H18ClNO4S. The SMILES string of the molecule is COC(=O)c1ccc(Cl)c(NS(=O)(=O)c2c(C)cc(C)cc2C)c1. The van der Waals surface area contributed by atoms with Crippen LogP contribution in [0.1, 0.15) is 27.0 Å². The molecule has 2 rings (SSSR count). The summed E-state index contributed by atoms with van der Waals surface area (Å²) in [5.41, 5.74) is 2.59. The zero-order chi connectivity index (χ0) is 18.1. The summed E-state index contributed by atoms with van der Waals surface area (Å²) in [6.45, 7) is 5.38. The Bertz CT molecular complexity index is 884. The van der Waals surface area contributed by atoms with Crippen LogP contribution < -0.4 is 4.72 Å². The molecule has 128 valence electrons. The Morgan fingerprint density at radius 1 is 1.08 bits per heavy atom. The van der Waals surface area contributed by atoms with E-state index in [0.29, 0.717) is 11.1 Å². The molecule has 0 spiro atoms. The summed E-state index contributed by atoms with van der Waals surface area (Å²) in [4.78, 5) is 11.8. The van der Waals surface area contributed by atoms with Crippen LogP contribution in [0.25, 0.3) is 0 Å².